The standard InChI is InChI=1S/C21H36N4O2S/c1-5-21(12-6-7-13-21)16-24-20(22-4)23-14-18-8-10-19(11-9-18)15-28(26,27)25-17(2)3/h8-11,17,25H,5-7,12-16H2,1-4H3,(H2,22,23,24). The number of hydrogen-bond acceptors (Lipinski definition) is 3. The Morgan fingerprint density at radius 3 is 2.25 bits per heavy atom. The largest absolute Gasteiger partial charge is 0.356 e. The summed E-state index contributed by atoms with van der Waals surface area (Å²) in [6.07, 6.45) is 6.45. The van der Waals surface area contributed by atoms with Crippen molar-refractivity contribution in [1.82, 2.24) is 15.4 Å². The zero-order valence-electron chi connectivity index (χ0n) is 17.7. The van der Waals surface area contributed by atoms with Crippen LogP contribution in [0.4, 0.5) is 0 Å². The van der Waals surface area contributed by atoms with E-state index in [9.17, 15) is 8.42 Å². The van der Waals surface area contributed by atoms with Crippen LogP contribution in [0.15, 0.2) is 29.3 Å². The van der Waals surface area contributed by atoms with Crippen molar-refractivity contribution >= 4 is 16.0 Å². The molecule has 2 rings (SSSR count). The molecular formula is C21H36N4O2S. The van der Waals surface area contributed by atoms with E-state index in [1.54, 1.807) is 7.05 Å². The lowest BCUT2D eigenvalue weighted by Gasteiger charge is -2.28. The molecule has 7 heteroatoms. The fraction of sp³-hybridized carbons (Fsp3) is 0.667. The normalized spacial score (nSPS) is 17.1. The van der Waals surface area contributed by atoms with Gasteiger partial charge >= 0.3 is 0 Å². The van der Waals surface area contributed by atoms with Gasteiger partial charge in [-0.1, -0.05) is 44.0 Å². The van der Waals surface area contributed by atoms with Gasteiger partial charge in [-0.15, -0.1) is 0 Å². The Balaban J connectivity index is 1.84. The van der Waals surface area contributed by atoms with E-state index in [2.05, 4.69) is 27.3 Å². The van der Waals surface area contributed by atoms with Crippen molar-refractivity contribution in [1.29, 1.82) is 0 Å². The van der Waals surface area contributed by atoms with Gasteiger partial charge in [0.1, 0.15) is 0 Å². The molecule has 1 aromatic carbocycles. The second kappa shape index (κ2) is 10.3. The van der Waals surface area contributed by atoms with E-state index in [1.165, 1.54) is 32.1 Å². The first kappa shape index (κ1) is 22.7. The minimum Gasteiger partial charge on any atom is -0.356 e. The average molecular weight is 409 g/mol. The van der Waals surface area contributed by atoms with Crippen LogP contribution in [0.3, 0.4) is 0 Å². The van der Waals surface area contributed by atoms with Crippen LogP contribution in [0.5, 0.6) is 0 Å². The zero-order valence-corrected chi connectivity index (χ0v) is 18.5. The van der Waals surface area contributed by atoms with Crippen LogP contribution >= 0.6 is 0 Å². The van der Waals surface area contributed by atoms with Crippen LogP contribution in [0.1, 0.15) is 64.0 Å². The first-order chi connectivity index (χ1) is 13.3. The van der Waals surface area contributed by atoms with Crippen molar-refractivity contribution in [3.8, 4) is 0 Å². The lowest BCUT2D eigenvalue weighted by Crippen LogP contribution is -2.42. The number of aliphatic imine (C=N–C) groups is 1. The Labute approximate surface area is 170 Å². The summed E-state index contributed by atoms with van der Waals surface area (Å²) >= 11 is 0. The van der Waals surface area contributed by atoms with Crippen LogP contribution in [0.2, 0.25) is 0 Å². The highest BCUT2D eigenvalue weighted by molar-refractivity contribution is 7.88. The lowest BCUT2D eigenvalue weighted by atomic mass is 9.83. The Morgan fingerprint density at radius 1 is 1.11 bits per heavy atom. The summed E-state index contributed by atoms with van der Waals surface area (Å²) in [5.74, 6) is 0.814. The van der Waals surface area contributed by atoms with Crippen molar-refractivity contribution in [3.05, 3.63) is 35.4 Å². The quantitative estimate of drug-likeness (QED) is 0.433. The molecule has 158 valence electrons. The highest BCUT2D eigenvalue weighted by atomic mass is 32.2. The summed E-state index contributed by atoms with van der Waals surface area (Å²) in [7, 11) is -1.51. The second-order valence-corrected chi connectivity index (χ2v) is 9.94. The zero-order chi connectivity index (χ0) is 20.6. The molecule has 0 radical (unpaired) electrons. The van der Waals surface area contributed by atoms with Crippen LogP contribution in [-0.4, -0.2) is 34.0 Å². The fourth-order valence-electron chi connectivity index (χ4n) is 3.83. The van der Waals surface area contributed by atoms with Gasteiger partial charge in [-0.2, -0.15) is 0 Å². The Hall–Kier alpha value is -1.60. The number of rotatable bonds is 9. The molecule has 0 heterocycles. The molecule has 1 fully saturated rings. The monoisotopic (exact) mass is 408 g/mol. The van der Waals surface area contributed by atoms with E-state index >= 15 is 0 Å². The number of benzene rings is 1. The molecule has 28 heavy (non-hydrogen) atoms. The smallest absolute Gasteiger partial charge is 0.216 e. The van der Waals surface area contributed by atoms with Gasteiger partial charge in [0.05, 0.1) is 5.75 Å². The van der Waals surface area contributed by atoms with Gasteiger partial charge in [-0.05, 0) is 49.7 Å². The molecule has 0 aromatic heterocycles. The minimum atomic E-state index is -3.30. The highest BCUT2D eigenvalue weighted by Gasteiger charge is 2.31. The molecule has 0 aliphatic heterocycles. The number of sulfonamides is 1. The van der Waals surface area contributed by atoms with E-state index in [0.717, 1.165) is 23.6 Å². The molecule has 0 atom stereocenters. The summed E-state index contributed by atoms with van der Waals surface area (Å²) in [5.41, 5.74) is 2.28. The van der Waals surface area contributed by atoms with E-state index in [1.807, 2.05) is 38.1 Å². The Kier molecular flexibility index (Phi) is 8.31. The van der Waals surface area contributed by atoms with Gasteiger partial charge < -0.3 is 10.6 Å². The molecule has 0 saturated heterocycles. The second-order valence-electron chi connectivity index (χ2n) is 8.19. The van der Waals surface area contributed by atoms with Crippen LogP contribution in [0, 0.1) is 5.41 Å². The summed E-state index contributed by atoms with van der Waals surface area (Å²) in [6, 6.07) is 7.58. The van der Waals surface area contributed by atoms with Crippen molar-refractivity contribution in [3.63, 3.8) is 0 Å². The predicted octanol–water partition coefficient (Wildman–Crippen LogP) is 3.15. The average Bonchev–Trinajstić information content (AvgIpc) is 3.11. The highest BCUT2D eigenvalue weighted by Crippen LogP contribution is 2.40. The molecule has 0 bridgehead atoms. The SMILES string of the molecule is CCC1(CNC(=NC)NCc2ccc(CS(=O)(=O)NC(C)C)cc2)CCCC1. The van der Waals surface area contributed by atoms with Gasteiger partial charge in [-0.3, -0.25) is 4.99 Å². The molecule has 0 unspecified atom stereocenters. The molecule has 6 nitrogen and oxygen atoms in total. The third kappa shape index (κ3) is 7.09. The van der Waals surface area contributed by atoms with Gasteiger partial charge in [0.15, 0.2) is 5.96 Å². The van der Waals surface area contributed by atoms with Crippen molar-refractivity contribution in [2.24, 2.45) is 10.4 Å². The van der Waals surface area contributed by atoms with Gasteiger partial charge in [0.25, 0.3) is 0 Å². The molecule has 1 aliphatic rings. The summed E-state index contributed by atoms with van der Waals surface area (Å²) < 4.78 is 26.7. The Morgan fingerprint density at radius 2 is 1.71 bits per heavy atom. The summed E-state index contributed by atoms with van der Waals surface area (Å²) in [6.45, 7) is 7.53. The fourth-order valence-corrected chi connectivity index (χ4v) is 5.26. The van der Waals surface area contributed by atoms with E-state index in [-0.39, 0.29) is 11.8 Å². The third-order valence-corrected chi connectivity index (χ3v) is 7.07. The molecule has 1 aromatic rings. The Bertz CT molecular complexity index is 736. The van der Waals surface area contributed by atoms with Crippen molar-refractivity contribution in [2.45, 2.75) is 71.2 Å². The summed E-state index contributed by atoms with van der Waals surface area (Å²) in [4.78, 5) is 4.33. The van der Waals surface area contributed by atoms with E-state index in [4.69, 9.17) is 0 Å². The number of guanidine groups is 1. The molecule has 3 N–H and O–H groups in total. The molecule has 1 aliphatic carbocycles. The third-order valence-electron chi connectivity index (χ3n) is 5.52. The minimum absolute atomic E-state index is 0.00120. The van der Waals surface area contributed by atoms with E-state index < -0.39 is 10.0 Å². The van der Waals surface area contributed by atoms with Crippen molar-refractivity contribution < 1.29 is 8.42 Å². The molecule has 0 spiro atoms. The molecule has 0 amide bonds. The maximum absolute atomic E-state index is 12.0. The van der Waals surface area contributed by atoms with Crippen molar-refractivity contribution in [2.75, 3.05) is 13.6 Å². The van der Waals surface area contributed by atoms with Gasteiger partial charge in [0, 0.05) is 26.2 Å². The maximum atomic E-state index is 12.0. The van der Waals surface area contributed by atoms with Crippen LogP contribution in [-0.2, 0) is 22.3 Å². The summed E-state index contributed by atoms with van der Waals surface area (Å²) in [5, 5.41) is 6.84. The molecule has 1 saturated carbocycles. The van der Waals surface area contributed by atoms with E-state index in [0.29, 0.717) is 12.0 Å². The molecular weight excluding hydrogens is 372 g/mol. The first-order valence-electron chi connectivity index (χ1n) is 10.3. The van der Waals surface area contributed by atoms with Crippen LogP contribution in [0.25, 0.3) is 0 Å². The first-order valence-corrected chi connectivity index (χ1v) is 11.9. The predicted molar refractivity (Wildman–Crippen MR) is 117 cm³/mol. The maximum Gasteiger partial charge on any atom is 0.216 e. The topological polar surface area (TPSA) is 82.6 Å². The number of nitrogens with one attached hydrogen (secondary N) is 3. The van der Waals surface area contributed by atoms with Gasteiger partial charge in [-0.25, -0.2) is 13.1 Å². The number of hydrogen-bond donors (Lipinski definition) is 3. The lowest BCUT2D eigenvalue weighted by molar-refractivity contribution is 0.283. The number of nitrogens with zero attached hydrogens (tertiary/aromatic N) is 1. The van der Waals surface area contributed by atoms with Crippen LogP contribution < -0.4 is 15.4 Å². The van der Waals surface area contributed by atoms with Gasteiger partial charge in [0.2, 0.25) is 10.0 Å².